The van der Waals surface area contributed by atoms with Crippen molar-refractivity contribution in [1.29, 1.82) is 0 Å². The first-order valence-electron chi connectivity index (χ1n) is 9.47. The maximum atomic E-state index is 2.38. The van der Waals surface area contributed by atoms with Gasteiger partial charge in [-0.05, 0) is 75.5 Å². The molecule has 1 unspecified atom stereocenters. The SMILES string of the molecule is CN(C)CCC1CCCC2=C1c1ccccc1N(C)c1ccccc12. The maximum absolute atomic E-state index is 2.38. The summed E-state index contributed by atoms with van der Waals surface area (Å²) in [5, 5.41) is 0. The van der Waals surface area contributed by atoms with E-state index < -0.39 is 0 Å². The van der Waals surface area contributed by atoms with E-state index in [2.05, 4.69) is 79.5 Å². The van der Waals surface area contributed by atoms with Crippen molar-refractivity contribution in [2.75, 3.05) is 32.6 Å². The summed E-state index contributed by atoms with van der Waals surface area (Å²) in [4.78, 5) is 4.70. The zero-order chi connectivity index (χ0) is 17.4. The van der Waals surface area contributed by atoms with Gasteiger partial charge < -0.3 is 9.80 Å². The number of nitrogens with zero attached hydrogens (tertiary/aromatic N) is 2. The van der Waals surface area contributed by atoms with Crippen molar-refractivity contribution in [3.63, 3.8) is 0 Å². The molecule has 2 aromatic carbocycles. The molecule has 0 radical (unpaired) electrons. The fraction of sp³-hybridized carbons (Fsp3) is 0.391. The molecule has 0 bridgehead atoms. The van der Waals surface area contributed by atoms with E-state index in [0.717, 1.165) is 6.54 Å². The Morgan fingerprint density at radius 1 is 0.960 bits per heavy atom. The van der Waals surface area contributed by atoms with E-state index in [0.29, 0.717) is 5.92 Å². The van der Waals surface area contributed by atoms with Gasteiger partial charge in [-0.1, -0.05) is 36.4 Å². The normalized spacial score (nSPS) is 19.4. The van der Waals surface area contributed by atoms with Gasteiger partial charge in [-0.15, -0.1) is 0 Å². The van der Waals surface area contributed by atoms with Crippen LogP contribution in [-0.4, -0.2) is 32.6 Å². The Labute approximate surface area is 151 Å². The monoisotopic (exact) mass is 332 g/mol. The van der Waals surface area contributed by atoms with Gasteiger partial charge in [-0.3, -0.25) is 0 Å². The smallest absolute Gasteiger partial charge is 0.0484 e. The molecular formula is C23H28N2. The maximum Gasteiger partial charge on any atom is 0.0484 e. The van der Waals surface area contributed by atoms with Crippen molar-refractivity contribution >= 4 is 22.5 Å². The Balaban J connectivity index is 1.92. The lowest BCUT2D eigenvalue weighted by molar-refractivity contribution is 0.365. The number of rotatable bonds is 3. The fourth-order valence-corrected chi connectivity index (χ4v) is 4.56. The molecule has 0 aromatic heterocycles. The van der Waals surface area contributed by atoms with Gasteiger partial charge in [0, 0.05) is 29.5 Å². The quantitative estimate of drug-likeness (QED) is 0.739. The Kier molecular flexibility index (Phi) is 4.39. The Hall–Kier alpha value is -2.06. The van der Waals surface area contributed by atoms with E-state index in [1.54, 1.807) is 11.1 Å². The largest absolute Gasteiger partial charge is 0.344 e. The number of anilines is 2. The lowest BCUT2D eigenvalue weighted by Crippen LogP contribution is -2.19. The highest BCUT2D eigenvalue weighted by Gasteiger charge is 2.31. The number of para-hydroxylation sites is 2. The molecule has 1 atom stereocenters. The van der Waals surface area contributed by atoms with Crippen LogP contribution in [0, 0.1) is 5.92 Å². The van der Waals surface area contributed by atoms with Crippen LogP contribution in [0.25, 0.3) is 11.1 Å². The lowest BCUT2D eigenvalue weighted by atomic mass is 9.75. The lowest BCUT2D eigenvalue weighted by Gasteiger charge is -2.30. The molecule has 0 saturated carbocycles. The molecule has 25 heavy (non-hydrogen) atoms. The van der Waals surface area contributed by atoms with Crippen LogP contribution in [0.1, 0.15) is 36.8 Å². The van der Waals surface area contributed by atoms with Crippen LogP contribution in [-0.2, 0) is 0 Å². The van der Waals surface area contributed by atoms with Gasteiger partial charge in [0.05, 0.1) is 0 Å². The summed E-state index contributed by atoms with van der Waals surface area (Å²) >= 11 is 0. The summed E-state index contributed by atoms with van der Waals surface area (Å²) in [7, 11) is 6.58. The Morgan fingerprint density at radius 2 is 1.60 bits per heavy atom. The van der Waals surface area contributed by atoms with Gasteiger partial charge in [-0.25, -0.2) is 0 Å². The fourth-order valence-electron chi connectivity index (χ4n) is 4.56. The van der Waals surface area contributed by atoms with E-state index >= 15 is 0 Å². The standard InChI is InChI=1S/C23H28N2/c1-24(2)16-15-17-9-8-12-19-18-10-4-6-13-21(18)25(3)22-14-7-5-11-20(22)23(17)19/h4-7,10-11,13-14,17H,8-9,12,15-16H2,1-3H3. The summed E-state index contributed by atoms with van der Waals surface area (Å²) in [6.45, 7) is 1.15. The average Bonchev–Trinajstić information content (AvgIpc) is 2.75. The predicted molar refractivity (Wildman–Crippen MR) is 108 cm³/mol. The molecule has 2 heteroatoms. The van der Waals surface area contributed by atoms with Gasteiger partial charge in [0.25, 0.3) is 0 Å². The van der Waals surface area contributed by atoms with Crippen LogP contribution in [0.15, 0.2) is 48.5 Å². The highest BCUT2D eigenvalue weighted by atomic mass is 15.1. The van der Waals surface area contributed by atoms with Crippen LogP contribution in [0.4, 0.5) is 11.4 Å². The molecular weight excluding hydrogens is 304 g/mol. The minimum Gasteiger partial charge on any atom is -0.344 e. The zero-order valence-electron chi connectivity index (χ0n) is 15.6. The summed E-state index contributed by atoms with van der Waals surface area (Å²) < 4.78 is 0. The first-order chi connectivity index (χ1) is 12.2. The first kappa shape index (κ1) is 16.4. The molecule has 1 aliphatic heterocycles. The van der Waals surface area contributed by atoms with Gasteiger partial charge >= 0.3 is 0 Å². The number of hydrogen-bond acceptors (Lipinski definition) is 2. The molecule has 0 amide bonds. The number of benzene rings is 2. The highest BCUT2D eigenvalue weighted by Crippen LogP contribution is 2.50. The third kappa shape index (κ3) is 2.89. The van der Waals surface area contributed by atoms with Crippen LogP contribution >= 0.6 is 0 Å². The van der Waals surface area contributed by atoms with E-state index in [1.165, 1.54) is 48.2 Å². The Morgan fingerprint density at radius 3 is 2.32 bits per heavy atom. The molecule has 2 aromatic rings. The molecule has 0 N–H and O–H groups in total. The zero-order valence-corrected chi connectivity index (χ0v) is 15.6. The van der Waals surface area contributed by atoms with Gasteiger partial charge in [0.2, 0.25) is 0 Å². The van der Waals surface area contributed by atoms with Gasteiger partial charge in [0.15, 0.2) is 0 Å². The van der Waals surface area contributed by atoms with Gasteiger partial charge in [-0.2, -0.15) is 0 Å². The van der Waals surface area contributed by atoms with Crippen LogP contribution in [0.5, 0.6) is 0 Å². The van der Waals surface area contributed by atoms with Crippen molar-refractivity contribution in [3.8, 4) is 0 Å². The topological polar surface area (TPSA) is 6.48 Å². The first-order valence-corrected chi connectivity index (χ1v) is 9.47. The van der Waals surface area contributed by atoms with Crippen LogP contribution in [0.3, 0.4) is 0 Å². The molecule has 1 aliphatic carbocycles. The average molecular weight is 332 g/mol. The second kappa shape index (κ2) is 6.68. The summed E-state index contributed by atoms with van der Waals surface area (Å²) in [6.07, 6.45) is 5.06. The van der Waals surface area contributed by atoms with E-state index in [-0.39, 0.29) is 0 Å². The van der Waals surface area contributed by atoms with Crippen LogP contribution < -0.4 is 4.90 Å². The highest BCUT2D eigenvalue weighted by molar-refractivity contribution is 6.02. The molecule has 0 saturated heterocycles. The molecule has 4 rings (SSSR count). The Bertz CT molecular complexity index is 803. The van der Waals surface area contributed by atoms with Crippen LogP contribution in [0.2, 0.25) is 0 Å². The molecule has 2 aliphatic rings. The van der Waals surface area contributed by atoms with Crippen molar-refractivity contribution in [3.05, 3.63) is 59.7 Å². The van der Waals surface area contributed by atoms with E-state index in [1.807, 2.05) is 0 Å². The molecule has 0 spiro atoms. The van der Waals surface area contributed by atoms with E-state index in [4.69, 9.17) is 0 Å². The second-order valence-corrected chi connectivity index (χ2v) is 7.67. The molecule has 130 valence electrons. The summed E-state index contributed by atoms with van der Waals surface area (Å²) in [6, 6.07) is 17.9. The molecule has 2 nitrogen and oxygen atoms in total. The summed E-state index contributed by atoms with van der Waals surface area (Å²) in [5.74, 6) is 0.659. The van der Waals surface area contributed by atoms with Crippen molar-refractivity contribution < 1.29 is 0 Å². The minimum absolute atomic E-state index is 0.659. The van der Waals surface area contributed by atoms with Crippen molar-refractivity contribution in [1.82, 2.24) is 4.90 Å². The molecule has 0 fully saturated rings. The minimum atomic E-state index is 0.659. The van der Waals surface area contributed by atoms with Crippen molar-refractivity contribution in [2.45, 2.75) is 25.7 Å². The number of allylic oxidation sites excluding steroid dienone is 2. The third-order valence-corrected chi connectivity index (χ3v) is 5.78. The second-order valence-electron chi connectivity index (χ2n) is 7.67. The predicted octanol–water partition coefficient (Wildman–Crippen LogP) is 5.43. The number of fused-ring (bicyclic) bond motifs is 4. The van der Waals surface area contributed by atoms with Gasteiger partial charge in [0.1, 0.15) is 0 Å². The molecule has 1 heterocycles. The summed E-state index contributed by atoms with van der Waals surface area (Å²) in [5.41, 5.74) is 8.76. The van der Waals surface area contributed by atoms with Crippen molar-refractivity contribution in [2.24, 2.45) is 5.92 Å². The third-order valence-electron chi connectivity index (χ3n) is 5.78. The van der Waals surface area contributed by atoms with E-state index in [9.17, 15) is 0 Å². The number of hydrogen-bond donors (Lipinski definition) is 0.